The zero-order valence-electron chi connectivity index (χ0n) is 9.76. The standard InChI is InChI=1S/C13H25N/c1-4-5-12(3)14-10-13-8-6-11(2)7-9-13/h4,11-14H,1,5-10H2,2-3H3. The van der Waals surface area contributed by atoms with Crippen LogP contribution in [0.4, 0.5) is 0 Å². The van der Waals surface area contributed by atoms with Crippen molar-refractivity contribution in [2.45, 2.75) is 52.0 Å². The molecule has 0 bridgehead atoms. The van der Waals surface area contributed by atoms with Gasteiger partial charge in [0.1, 0.15) is 0 Å². The van der Waals surface area contributed by atoms with Crippen molar-refractivity contribution >= 4 is 0 Å². The summed E-state index contributed by atoms with van der Waals surface area (Å²) in [5.74, 6) is 1.90. The Morgan fingerprint density at radius 3 is 2.57 bits per heavy atom. The van der Waals surface area contributed by atoms with Gasteiger partial charge < -0.3 is 5.32 Å². The topological polar surface area (TPSA) is 12.0 Å². The Hall–Kier alpha value is -0.300. The summed E-state index contributed by atoms with van der Waals surface area (Å²) in [6, 6.07) is 0.604. The van der Waals surface area contributed by atoms with Gasteiger partial charge in [-0.05, 0) is 44.6 Å². The second-order valence-corrected chi connectivity index (χ2v) is 4.96. The van der Waals surface area contributed by atoms with Gasteiger partial charge in [-0.1, -0.05) is 25.8 Å². The fourth-order valence-electron chi connectivity index (χ4n) is 2.23. The molecule has 0 saturated heterocycles. The molecule has 0 heterocycles. The predicted octanol–water partition coefficient (Wildman–Crippen LogP) is 3.37. The third-order valence-corrected chi connectivity index (χ3v) is 3.41. The van der Waals surface area contributed by atoms with Gasteiger partial charge in [0.05, 0.1) is 0 Å². The van der Waals surface area contributed by atoms with Crippen LogP contribution in [0.5, 0.6) is 0 Å². The van der Waals surface area contributed by atoms with Crippen molar-refractivity contribution < 1.29 is 0 Å². The number of hydrogen-bond acceptors (Lipinski definition) is 1. The van der Waals surface area contributed by atoms with Crippen LogP contribution in [-0.4, -0.2) is 12.6 Å². The second kappa shape index (κ2) is 6.23. The lowest BCUT2D eigenvalue weighted by molar-refractivity contribution is 0.276. The Kier molecular flexibility index (Phi) is 5.24. The van der Waals surface area contributed by atoms with E-state index < -0.39 is 0 Å². The Morgan fingerprint density at radius 2 is 2.00 bits per heavy atom. The molecule has 1 rings (SSSR count). The molecule has 1 nitrogen and oxygen atoms in total. The van der Waals surface area contributed by atoms with Crippen molar-refractivity contribution in [3.8, 4) is 0 Å². The van der Waals surface area contributed by atoms with Crippen LogP contribution in [0.2, 0.25) is 0 Å². The maximum Gasteiger partial charge on any atom is 0.00732 e. The molecular weight excluding hydrogens is 170 g/mol. The quantitative estimate of drug-likeness (QED) is 0.663. The highest BCUT2D eigenvalue weighted by Gasteiger charge is 2.17. The van der Waals surface area contributed by atoms with Crippen molar-refractivity contribution in [2.24, 2.45) is 11.8 Å². The highest BCUT2D eigenvalue weighted by Crippen LogP contribution is 2.27. The summed E-state index contributed by atoms with van der Waals surface area (Å²) in [5.41, 5.74) is 0. The molecule has 1 heteroatoms. The minimum Gasteiger partial charge on any atom is -0.314 e. The molecule has 0 aromatic carbocycles. The molecule has 1 atom stereocenters. The van der Waals surface area contributed by atoms with Crippen LogP contribution in [0, 0.1) is 11.8 Å². The van der Waals surface area contributed by atoms with Crippen LogP contribution in [0.25, 0.3) is 0 Å². The zero-order valence-corrected chi connectivity index (χ0v) is 9.76. The first kappa shape index (κ1) is 11.8. The van der Waals surface area contributed by atoms with Gasteiger partial charge in [0.25, 0.3) is 0 Å². The summed E-state index contributed by atoms with van der Waals surface area (Å²) < 4.78 is 0. The van der Waals surface area contributed by atoms with Gasteiger partial charge in [0, 0.05) is 6.04 Å². The maximum atomic E-state index is 3.77. The van der Waals surface area contributed by atoms with E-state index in [0.29, 0.717) is 6.04 Å². The molecule has 1 aliphatic carbocycles. The highest BCUT2D eigenvalue weighted by molar-refractivity contribution is 4.77. The molecule has 0 aromatic heterocycles. The van der Waals surface area contributed by atoms with E-state index in [0.717, 1.165) is 18.3 Å². The molecule has 1 N–H and O–H groups in total. The van der Waals surface area contributed by atoms with Gasteiger partial charge in [-0.25, -0.2) is 0 Å². The Morgan fingerprint density at radius 1 is 1.36 bits per heavy atom. The zero-order chi connectivity index (χ0) is 10.4. The highest BCUT2D eigenvalue weighted by atomic mass is 14.9. The van der Waals surface area contributed by atoms with Gasteiger partial charge in [0.2, 0.25) is 0 Å². The van der Waals surface area contributed by atoms with Crippen LogP contribution >= 0.6 is 0 Å². The molecule has 14 heavy (non-hydrogen) atoms. The lowest BCUT2D eigenvalue weighted by Crippen LogP contribution is -2.32. The van der Waals surface area contributed by atoms with Gasteiger partial charge in [0.15, 0.2) is 0 Å². The third kappa shape index (κ3) is 4.28. The molecule has 0 spiro atoms. The Bertz CT molecular complexity index is 157. The summed E-state index contributed by atoms with van der Waals surface area (Å²) in [6.45, 7) is 9.60. The van der Waals surface area contributed by atoms with E-state index in [1.165, 1.54) is 32.2 Å². The van der Waals surface area contributed by atoms with Gasteiger partial charge >= 0.3 is 0 Å². The van der Waals surface area contributed by atoms with E-state index in [9.17, 15) is 0 Å². The SMILES string of the molecule is C=CCC(C)NCC1CCC(C)CC1. The van der Waals surface area contributed by atoms with Crippen molar-refractivity contribution in [2.75, 3.05) is 6.54 Å². The largest absolute Gasteiger partial charge is 0.314 e. The first-order valence-electron chi connectivity index (χ1n) is 6.06. The van der Waals surface area contributed by atoms with E-state index >= 15 is 0 Å². The lowest BCUT2D eigenvalue weighted by atomic mass is 9.83. The van der Waals surface area contributed by atoms with Crippen molar-refractivity contribution in [1.82, 2.24) is 5.32 Å². The molecule has 0 amide bonds. The summed E-state index contributed by atoms with van der Waals surface area (Å²) in [7, 11) is 0. The minimum absolute atomic E-state index is 0.604. The van der Waals surface area contributed by atoms with Crippen molar-refractivity contribution in [3.63, 3.8) is 0 Å². The molecule has 1 saturated carbocycles. The molecule has 1 unspecified atom stereocenters. The molecule has 1 fully saturated rings. The molecule has 0 aromatic rings. The minimum atomic E-state index is 0.604. The Labute approximate surface area is 89.0 Å². The monoisotopic (exact) mass is 195 g/mol. The average Bonchev–Trinajstić information content (AvgIpc) is 2.17. The molecule has 82 valence electrons. The van der Waals surface area contributed by atoms with E-state index in [1.807, 2.05) is 6.08 Å². The number of hydrogen-bond donors (Lipinski definition) is 1. The molecule has 0 aliphatic heterocycles. The van der Waals surface area contributed by atoms with E-state index in [-0.39, 0.29) is 0 Å². The van der Waals surface area contributed by atoms with Gasteiger partial charge in [-0.2, -0.15) is 0 Å². The molecule has 1 aliphatic rings. The van der Waals surface area contributed by atoms with Crippen LogP contribution in [-0.2, 0) is 0 Å². The van der Waals surface area contributed by atoms with Gasteiger partial charge in [-0.15, -0.1) is 6.58 Å². The summed E-state index contributed by atoms with van der Waals surface area (Å²) >= 11 is 0. The third-order valence-electron chi connectivity index (χ3n) is 3.41. The molecule has 0 radical (unpaired) electrons. The van der Waals surface area contributed by atoms with E-state index in [1.54, 1.807) is 0 Å². The first-order chi connectivity index (χ1) is 6.72. The molecular formula is C13H25N. The first-order valence-corrected chi connectivity index (χ1v) is 6.06. The number of rotatable bonds is 5. The van der Waals surface area contributed by atoms with Crippen LogP contribution in [0.1, 0.15) is 46.0 Å². The average molecular weight is 195 g/mol. The van der Waals surface area contributed by atoms with E-state index in [4.69, 9.17) is 0 Å². The normalized spacial score (nSPS) is 29.9. The predicted molar refractivity (Wildman–Crippen MR) is 63.4 cm³/mol. The van der Waals surface area contributed by atoms with Crippen LogP contribution in [0.3, 0.4) is 0 Å². The maximum absolute atomic E-state index is 3.77. The second-order valence-electron chi connectivity index (χ2n) is 4.96. The fraction of sp³-hybridized carbons (Fsp3) is 0.846. The van der Waals surface area contributed by atoms with Crippen molar-refractivity contribution in [3.05, 3.63) is 12.7 Å². The summed E-state index contributed by atoms with van der Waals surface area (Å²) in [5, 5.41) is 3.60. The smallest absolute Gasteiger partial charge is 0.00732 e. The summed E-state index contributed by atoms with van der Waals surface area (Å²) in [4.78, 5) is 0. The number of nitrogens with one attached hydrogen (secondary N) is 1. The Balaban J connectivity index is 2.09. The van der Waals surface area contributed by atoms with E-state index in [2.05, 4.69) is 25.7 Å². The van der Waals surface area contributed by atoms with Gasteiger partial charge in [-0.3, -0.25) is 0 Å². The fourth-order valence-corrected chi connectivity index (χ4v) is 2.23. The van der Waals surface area contributed by atoms with Crippen molar-refractivity contribution in [1.29, 1.82) is 0 Å². The van der Waals surface area contributed by atoms with Crippen LogP contribution < -0.4 is 5.32 Å². The summed E-state index contributed by atoms with van der Waals surface area (Å²) in [6.07, 6.45) is 8.80. The van der Waals surface area contributed by atoms with Crippen LogP contribution in [0.15, 0.2) is 12.7 Å². The lowest BCUT2D eigenvalue weighted by Gasteiger charge is -2.27.